The van der Waals surface area contributed by atoms with Gasteiger partial charge in [0.25, 0.3) is 0 Å². The number of aliphatic hydroxyl groups is 1. The molecule has 1 aromatic carbocycles. The van der Waals surface area contributed by atoms with E-state index >= 15 is 0 Å². The van der Waals surface area contributed by atoms with Crippen molar-refractivity contribution in [3.63, 3.8) is 0 Å². The molecule has 104 valence electrons. The van der Waals surface area contributed by atoms with Gasteiger partial charge in [0.15, 0.2) is 0 Å². The first-order valence-corrected chi connectivity index (χ1v) is 7.18. The predicted octanol–water partition coefficient (Wildman–Crippen LogP) is 2.37. The predicted molar refractivity (Wildman–Crippen MR) is 75.6 cm³/mol. The molecular formula is C16H23NO2. The van der Waals surface area contributed by atoms with E-state index in [0.29, 0.717) is 0 Å². The first-order valence-electron chi connectivity index (χ1n) is 7.18. The van der Waals surface area contributed by atoms with Crippen molar-refractivity contribution in [1.82, 2.24) is 4.90 Å². The number of fused-ring (bicyclic) bond motifs is 1. The molecule has 0 amide bonds. The van der Waals surface area contributed by atoms with Crippen LogP contribution in [0.2, 0.25) is 0 Å². The summed E-state index contributed by atoms with van der Waals surface area (Å²) in [6.07, 6.45) is 3.10. The van der Waals surface area contributed by atoms with Gasteiger partial charge in [0.1, 0.15) is 11.4 Å². The van der Waals surface area contributed by atoms with Crippen LogP contribution in [0, 0.1) is 13.8 Å². The molecule has 2 unspecified atom stereocenters. The number of nitrogens with zero attached hydrogens (tertiary/aromatic N) is 1. The maximum Gasteiger partial charge on any atom is 0.125 e. The number of rotatable bonds is 2. The molecule has 2 fully saturated rings. The van der Waals surface area contributed by atoms with E-state index in [9.17, 15) is 5.11 Å². The second kappa shape index (κ2) is 4.50. The van der Waals surface area contributed by atoms with Crippen LogP contribution in [0.15, 0.2) is 12.1 Å². The Morgan fingerprint density at radius 3 is 2.84 bits per heavy atom. The fourth-order valence-corrected chi connectivity index (χ4v) is 4.05. The van der Waals surface area contributed by atoms with Crippen molar-refractivity contribution in [3.8, 4) is 5.75 Å². The van der Waals surface area contributed by atoms with E-state index in [4.69, 9.17) is 4.74 Å². The van der Waals surface area contributed by atoms with E-state index in [-0.39, 0.29) is 6.04 Å². The van der Waals surface area contributed by atoms with Crippen LogP contribution in [-0.2, 0) is 5.60 Å². The van der Waals surface area contributed by atoms with E-state index in [1.165, 1.54) is 12.0 Å². The topological polar surface area (TPSA) is 32.7 Å². The summed E-state index contributed by atoms with van der Waals surface area (Å²) in [5.41, 5.74) is 2.60. The van der Waals surface area contributed by atoms with Crippen LogP contribution in [0.25, 0.3) is 0 Å². The van der Waals surface area contributed by atoms with Gasteiger partial charge in [-0.2, -0.15) is 0 Å². The molecule has 1 N–H and O–H groups in total. The van der Waals surface area contributed by atoms with Crippen molar-refractivity contribution in [1.29, 1.82) is 0 Å². The quantitative estimate of drug-likeness (QED) is 0.887. The highest BCUT2D eigenvalue weighted by atomic mass is 16.5. The molecule has 3 rings (SSSR count). The number of benzene rings is 1. The molecule has 2 saturated heterocycles. The summed E-state index contributed by atoms with van der Waals surface area (Å²) in [6.45, 7) is 6.28. The summed E-state index contributed by atoms with van der Waals surface area (Å²) >= 11 is 0. The molecule has 0 spiro atoms. The van der Waals surface area contributed by atoms with Crippen LogP contribution in [-0.4, -0.2) is 36.2 Å². The van der Waals surface area contributed by atoms with Crippen molar-refractivity contribution in [2.75, 3.05) is 20.2 Å². The zero-order valence-corrected chi connectivity index (χ0v) is 12.1. The Morgan fingerprint density at radius 2 is 2.11 bits per heavy atom. The lowest BCUT2D eigenvalue weighted by molar-refractivity contribution is 0.00678. The molecule has 3 nitrogen and oxygen atoms in total. The van der Waals surface area contributed by atoms with Gasteiger partial charge in [0.05, 0.1) is 7.11 Å². The van der Waals surface area contributed by atoms with Gasteiger partial charge < -0.3 is 9.84 Å². The Bertz CT molecular complexity index is 500. The van der Waals surface area contributed by atoms with E-state index < -0.39 is 5.60 Å². The molecule has 2 aliphatic heterocycles. The molecule has 0 saturated carbocycles. The van der Waals surface area contributed by atoms with Crippen molar-refractivity contribution in [2.24, 2.45) is 0 Å². The lowest BCUT2D eigenvalue weighted by Crippen LogP contribution is -2.39. The highest BCUT2D eigenvalue weighted by Gasteiger charge is 2.50. The number of methoxy groups -OCH3 is 1. The number of hydrogen-bond donors (Lipinski definition) is 1. The van der Waals surface area contributed by atoms with Gasteiger partial charge in [-0.3, -0.25) is 4.90 Å². The summed E-state index contributed by atoms with van der Waals surface area (Å²) in [7, 11) is 1.70. The Hall–Kier alpha value is -1.06. The average molecular weight is 261 g/mol. The van der Waals surface area contributed by atoms with Crippen LogP contribution >= 0.6 is 0 Å². The fourth-order valence-electron chi connectivity index (χ4n) is 4.05. The first kappa shape index (κ1) is 12.9. The summed E-state index contributed by atoms with van der Waals surface area (Å²) in [5.74, 6) is 0.841. The summed E-state index contributed by atoms with van der Waals surface area (Å²) in [5, 5.41) is 11.3. The minimum absolute atomic E-state index is 0.266. The summed E-state index contributed by atoms with van der Waals surface area (Å²) in [6, 6.07) is 4.45. The zero-order chi connectivity index (χ0) is 13.6. The van der Waals surface area contributed by atoms with Gasteiger partial charge in [-0.15, -0.1) is 0 Å². The maximum absolute atomic E-state index is 11.3. The maximum atomic E-state index is 11.3. The summed E-state index contributed by atoms with van der Waals surface area (Å²) in [4.78, 5) is 2.43. The van der Waals surface area contributed by atoms with E-state index in [0.717, 1.165) is 42.8 Å². The van der Waals surface area contributed by atoms with Gasteiger partial charge in [-0.05, 0) is 56.8 Å². The van der Waals surface area contributed by atoms with E-state index in [1.54, 1.807) is 7.11 Å². The lowest BCUT2D eigenvalue weighted by atomic mass is 9.81. The Labute approximate surface area is 115 Å². The monoisotopic (exact) mass is 261 g/mol. The molecule has 1 aromatic rings. The Morgan fingerprint density at radius 1 is 1.32 bits per heavy atom. The van der Waals surface area contributed by atoms with Gasteiger partial charge in [-0.1, -0.05) is 6.07 Å². The second-order valence-electron chi connectivity index (χ2n) is 6.03. The van der Waals surface area contributed by atoms with Gasteiger partial charge in [-0.25, -0.2) is 0 Å². The normalized spacial score (nSPS) is 30.6. The van der Waals surface area contributed by atoms with Gasteiger partial charge in [0.2, 0.25) is 0 Å². The molecular weight excluding hydrogens is 238 g/mol. The van der Waals surface area contributed by atoms with Crippen LogP contribution in [0.5, 0.6) is 5.75 Å². The minimum atomic E-state index is -0.736. The number of aryl methyl sites for hydroxylation is 2. The first-order chi connectivity index (χ1) is 9.06. The van der Waals surface area contributed by atoms with Crippen molar-refractivity contribution in [2.45, 2.75) is 44.8 Å². The molecule has 2 heterocycles. The Balaban J connectivity index is 2.11. The lowest BCUT2D eigenvalue weighted by Gasteiger charge is -2.33. The third kappa shape index (κ3) is 1.87. The smallest absolute Gasteiger partial charge is 0.125 e. The average Bonchev–Trinajstić information content (AvgIpc) is 2.93. The molecule has 0 radical (unpaired) electrons. The minimum Gasteiger partial charge on any atom is -0.496 e. The Kier molecular flexibility index (Phi) is 3.06. The van der Waals surface area contributed by atoms with Crippen LogP contribution in [0.4, 0.5) is 0 Å². The molecule has 0 aromatic heterocycles. The zero-order valence-electron chi connectivity index (χ0n) is 12.1. The van der Waals surface area contributed by atoms with Crippen LogP contribution in [0.1, 0.15) is 36.0 Å². The second-order valence-corrected chi connectivity index (χ2v) is 6.03. The van der Waals surface area contributed by atoms with Crippen molar-refractivity contribution in [3.05, 3.63) is 28.8 Å². The SMILES string of the molecule is COc1cc(C)cc(C)c1C1(O)CCN2CCCC21. The summed E-state index contributed by atoms with van der Waals surface area (Å²) < 4.78 is 5.55. The highest BCUT2D eigenvalue weighted by Crippen LogP contribution is 2.47. The van der Waals surface area contributed by atoms with E-state index in [2.05, 4.69) is 24.8 Å². The number of hydrogen-bond acceptors (Lipinski definition) is 3. The molecule has 19 heavy (non-hydrogen) atoms. The largest absolute Gasteiger partial charge is 0.496 e. The van der Waals surface area contributed by atoms with Crippen molar-refractivity contribution >= 4 is 0 Å². The van der Waals surface area contributed by atoms with Crippen LogP contribution in [0.3, 0.4) is 0 Å². The molecule has 2 aliphatic rings. The van der Waals surface area contributed by atoms with Gasteiger partial charge in [0, 0.05) is 18.2 Å². The van der Waals surface area contributed by atoms with Gasteiger partial charge >= 0.3 is 0 Å². The number of ether oxygens (including phenoxy) is 1. The van der Waals surface area contributed by atoms with E-state index in [1.807, 2.05) is 6.07 Å². The highest BCUT2D eigenvalue weighted by molar-refractivity contribution is 5.48. The van der Waals surface area contributed by atoms with Crippen LogP contribution < -0.4 is 4.74 Å². The molecule has 3 heteroatoms. The third-order valence-corrected chi connectivity index (χ3v) is 4.79. The molecule has 0 aliphatic carbocycles. The fraction of sp³-hybridized carbons (Fsp3) is 0.625. The molecule has 0 bridgehead atoms. The standard InChI is InChI=1S/C16H23NO2/c1-11-9-12(2)15(13(10-11)19-3)16(18)6-8-17-7-4-5-14(16)17/h9-10,14,18H,4-8H2,1-3H3. The third-order valence-electron chi connectivity index (χ3n) is 4.79. The molecule has 2 atom stereocenters. The van der Waals surface area contributed by atoms with Crippen molar-refractivity contribution < 1.29 is 9.84 Å².